The van der Waals surface area contributed by atoms with Gasteiger partial charge in [0.05, 0.1) is 21.9 Å². The van der Waals surface area contributed by atoms with Crippen molar-refractivity contribution >= 4 is 22.2 Å². The number of rotatable bonds is 3. The van der Waals surface area contributed by atoms with Crippen LogP contribution in [0, 0.1) is 6.92 Å². The van der Waals surface area contributed by atoms with Crippen molar-refractivity contribution in [3.63, 3.8) is 0 Å². The summed E-state index contributed by atoms with van der Waals surface area (Å²) in [5, 5.41) is 18.7. The van der Waals surface area contributed by atoms with Crippen molar-refractivity contribution in [2.24, 2.45) is 7.05 Å². The molecule has 0 aliphatic heterocycles. The van der Waals surface area contributed by atoms with E-state index in [9.17, 15) is 5.11 Å². The van der Waals surface area contributed by atoms with E-state index in [1.807, 2.05) is 48.3 Å². The third-order valence-electron chi connectivity index (χ3n) is 3.20. The van der Waals surface area contributed by atoms with Crippen LogP contribution in [0.15, 0.2) is 29.6 Å². The highest BCUT2D eigenvalue weighted by atomic mass is 32.1. The first kappa shape index (κ1) is 12.3. The van der Waals surface area contributed by atoms with E-state index >= 15 is 0 Å². The number of aliphatic hydroxyl groups excluding tert-OH is 1. The molecule has 0 aliphatic rings. The second kappa shape index (κ2) is 4.75. The van der Waals surface area contributed by atoms with E-state index in [0.29, 0.717) is 6.42 Å². The molecule has 0 bridgehead atoms. The van der Waals surface area contributed by atoms with Gasteiger partial charge in [-0.05, 0) is 13.0 Å². The van der Waals surface area contributed by atoms with Gasteiger partial charge in [-0.2, -0.15) is 5.10 Å². The Labute approximate surface area is 115 Å². The highest BCUT2D eigenvalue weighted by molar-refractivity contribution is 7.09. The first-order valence-corrected chi connectivity index (χ1v) is 7.04. The number of thiazole rings is 1. The zero-order valence-corrected chi connectivity index (χ0v) is 11.7. The second-order valence-corrected chi connectivity index (χ2v) is 5.66. The number of para-hydroxylation sites is 1. The molecule has 0 saturated carbocycles. The average molecular weight is 273 g/mol. The van der Waals surface area contributed by atoms with Crippen LogP contribution in [0.5, 0.6) is 0 Å². The molecule has 19 heavy (non-hydrogen) atoms. The molecule has 2 aromatic heterocycles. The minimum atomic E-state index is -0.594. The van der Waals surface area contributed by atoms with Gasteiger partial charge in [0.15, 0.2) is 0 Å². The van der Waals surface area contributed by atoms with Crippen LogP contribution >= 0.6 is 11.3 Å². The quantitative estimate of drug-likeness (QED) is 0.798. The SMILES string of the molecule is Cc1nc(C(O)Cc2nn(C)c3ccccc23)cs1. The standard InChI is InChI=1S/C14H15N3OS/c1-9-15-12(8-19-9)14(18)7-11-10-5-3-4-6-13(10)17(2)16-11/h3-6,8,14,18H,7H2,1-2H3. The average Bonchev–Trinajstić information content (AvgIpc) is 2.96. The number of nitrogens with zero attached hydrogens (tertiary/aromatic N) is 3. The fourth-order valence-electron chi connectivity index (χ4n) is 2.26. The zero-order chi connectivity index (χ0) is 13.4. The van der Waals surface area contributed by atoms with Crippen molar-refractivity contribution in [2.75, 3.05) is 0 Å². The van der Waals surface area contributed by atoms with E-state index in [0.717, 1.165) is 27.3 Å². The molecule has 98 valence electrons. The van der Waals surface area contributed by atoms with Crippen molar-refractivity contribution in [3.8, 4) is 0 Å². The van der Waals surface area contributed by atoms with Crippen molar-refractivity contribution in [1.29, 1.82) is 0 Å². The Balaban J connectivity index is 1.93. The third kappa shape index (κ3) is 2.27. The van der Waals surface area contributed by atoms with Gasteiger partial charge in [-0.1, -0.05) is 18.2 Å². The maximum absolute atomic E-state index is 10.3. The molecular formula is C14H15N3OS. The van der Waals surface area contributed by atoms with Crippen LogP contribution in [0.25, 0.3) is 10.9 Å². The summed E-state index contributed by atoms with van der Waals surface area (Å²) in [6.07, 6.45) is -0.104. The van der Waals surface area contributed by atoms with Crippen LogP contribution < -0.4 is 0 Å². The van der Waals surface area contributed by atoms with E-state index in [4.69, 9.17) is 0 Å². The summed E-state index contributed by atoms with van der Waals surface area (Å²) in [4.78, 5) is 4.33. The van der Waals surface area contributed by atoms with Gasteiger partial charge < -0.3 is 5.11 Å². The minimum Gasteiger partial charge on any atom is -0.386 e. The number of hydrogen-bond donors (Lipinski definition) is 1. The molecule has 5 heteroatoms. The predicted octanol–water partition coefficient (Wildman–Crippen LogP) is 2.61. The number of aryl methyl sites for hydroxylation is 2. The molecule has 2 heterocycles. The number of benzene rings is 1. The van der Waals surface area contributed by atoms with Gasteiger partial charge in [-0.3, -0.25) is 4.68 Å². The lowest BCUT2D eigenvalue weighted by Gasteiger charge is -2.05. The van der Waals surface area contributed by atoms with Gasteiger partial charge in [0.2, 0.25) is 0 Å². The summed E-state index contributed by atoms with van der Waals surface area (Å²) >= 11 is 1.56. The lowest BCUT2D eigenvalue weighted by Crippen LogP contribution is -2.03. The Bertz CT molecular complexity index is 716. The highest BCUT2D eigenvalue weighted by Gasteiger charge is 2.16. The molecule has 1 aromatic carbocycles. The largest absolute Gasteiger partial charge is 0.386 e. The molecule has 3 aromatic rings. The summed E-state index contributed by atoms with van der Waals surface area (Å²) in [6, 6.07) is 8.06. The molecule has 1 atom stereocenters. The summed E-state index contributed by atoms with van der Waals surface area (Å²) in [5.74, 6) is 0. The number of aromatic nitrogens is 3. The molecule has 0 spiro atoms. The molecular weight excluding hydrogens is 258 g/mol. The molecule has 0 fully saturated rings. The monoisotopic (exact) mass is 273 g/mol. The number of hydrogen-bond acceptors (Lipinski definition) is 4. The lowest BCUT2D eigenvalue weighted by molar-refractivity contribution is 0.173. The molecule has 1 unspecified atom stereocenters. The van der Waals surface area contributed by atoms with E-state index in [1.165, 1.54) is 0 Å². The van der Waals surface area contributed by atoms with Crippen LogP contribution in [0.1, 0.15) is 22.5 Å². The van der Waals surface area contributed by atoms with Gasteiger partial charge >= 0.3 is 0 Å². The second-order valence-electron chi connectivity index (χ2n) is 4.60. The minimum absolute atomic E-state index is 0.491. The Hall–Kier alpha value is -1.72. The van der Waals surface area contributed by atoms with E-state index in [-0.39, 0.29) is 0 Å². The maximum atomic E-state index is 10.3. The first-order chi connectivity index (χ1) is 9.15. The number of aliphatic hydroxyl groups is 1. The summed E-state index contributed by atoms with van der Waals surface area (Å²) in [7, 11) is 1.92. The van der Waals surface area contributed by atoms with Crippen molar-refractivity contribution in [1.82, 2.24) is 14.8 Å². The lowest BCUT2D eigenvalue weighted by atomic mass is 10.1. The normalized spacial score (nSPS) is 13.0. The fourth-order valence-corrected chi connectivity index (χ4v) is 2.92. The Morgan fingerprint density at radius 3 is 2.89 bits per heavy atom. The zero-order valence-electron chi connectivity index (χ0n) is 10.9. The smallest absolute Gasteiger partial charge is 0.102 e. The van der Waals surface area contributed by atoms with Gasteiger partial charge in [0.25, 0.3) is 0 Å². The molecule has 3 rings (SSSR count). The van der Waals surface area contributed by atoms with E-state index in [1.54, 1.807) is 11.3 Å². The van der Waals surface area contributed by atoms with Crippen LogP contribution in [-0.4, -0.2) is 19.9 Å². The van der Waals surface area contributed by atoms with Gasteiger partial charge in [-0.15, -0.1) is 11.3 Å². The molecule has 4 nitrogen and oxygen atoms in total. The topological polar surface area (TPSA) is 50.9 Å². The Morgan fingerprint density at radius 1 is 1.37 bits per heavy atom. The van der Waals surface area contributed by atoms with E-state index in [2.05, 4.69) is 10.1 Å². The summed E-state index contributed by atoms with van der Waals surface area (Å²) in [5.41, 5.74) is 2.73. The molecule has 0 amide bonds. The van der Waals surface area contributed by atoms with Crippen molar-refractivity contribution < 1.29 is 5.11 Å². The Morgan fingerprint density at radius 2 is 2.16 bits per heavy atom. The molecule has 0 aliphatic carbocycles. The van der Waals surface area contributed by atoms with Crippen LogP contribution in [-0.2, 0) is 13.5 Å². The fraction of sp³-hybridized carbons (Fsp3) is 0.286. The number of fused-ring (bicyclic) bond motifs is 1. The van der Waals surface area contributed by atoms with Crippen LogP contribution in [0.3, 0.4) is 0 Å². The van der Waals surface area contributed by atoms with Crippen molar-refractivity contribution in [3.05, 3.63) is 46.0 Å². The molecule has 0 radical (unpaired) electrons. The van der Waals surface area contributed by atoms with E-state index < -0.39 is 6.10 Å². The molecule has 0 saturated heterocycles. The summed E-state index contributed by atoms with van der Waals surface area (Å²) in [6.45, 7) is 1.94. The first-order valence-electron chi connectivity index (χ1n) is 6.16. The van der Waals surface area contributed by atoms with Crippen LogP contribution in [0.4, 0.5) is 0 Å². The van der Waals surface area contributed by atoms with Gasteiger partial charge in [0, 0.05) is 24.2 Å². The summed E-state index contributed by atoms with van der Waals surface area (Å²) < 4.78 is 1.85. The van der Waals surface area contributed by atoms with Crippen molar-refractivity contribution in [2.45, 2.75) is 19.4 Å². The third-order valence-corrected chi connectivity index (χ3v) is 3.99. The molecule has 1 N–H and O–H groups in total. The van der Waals surface area contributed by atoms with Crippen LogP contribution in [0.2, 0.25) is 0 Å². The highest BCUT2D eigenvalue weighted by Crippen LogP contribution is 2.24. The van der Waals surface area contributed by atoms with Gasteiger partial charge in [-0.25, -0.2) is 4.98 Å². The van der Waals surface area contributed by atoms with Gasteiger partial charge in [0.1, 0.15) is 6.10 Å². The maximum Gasteiger partial charge on any atom is 0.102 e. The Kier molecular flexibility index (Phi) is 3.08. The predicted molar refractivity (Wildman–Crippen MR) is 76.2 cm³/mol.